The lowest BCUT2D eigenvalue weighted by Gasteiger charge is -2.09. The summed E-state index contributed by atoms with van der Waals surface area (Å²) in [5.74, 6) is 0.596. The van der Waals surface area contributed by atoms with Gasteiger partial charge in [0.25, 0.3) is 0 Å². The monoisotopic (exact) mass is 224 g/mol. The Morgan fingerprint density at radius 1 is 1.44 bits per heavy atom. The van der Waals surface area contributed by atoms with Crippen molar-refractivity contribution in [2.75, 3.05) is 25.6 Å². The molecule has 1 aromatic rings. The van der Waals surface area contributed by atoms with E-state index >= 15 is 0 Å². The predicted octanol–water partition coefficient (Wildman–Crippen LogP) is 1.59. The van der Waals surface area contributed by atoms with E-state index in [1.165, 1.54) is 0 Å². The maximum absolute atomic E-state index is 11.3. The molecule has 0 fully saturated rings. The molecular formula is C11H16N2O3. The minimum Gasteiger partial charge on any atom is -0.495 e. The molecule has 1 aromatic carbocycles. The van der Waals surface area contributed by atoms with Crippen LogP contribution in [0.3, 0.4) is 0 Å². The largest absolute Gasteiger partial charge is 0.495 e. The fraction of sp³-hybridized carbons (Fsp3) is 0.364. The molecule has 0 aliphatic rings. The Bertz CT molecular complexity index is 342. The van der Waals surface area contributed by atoms with Crippen LogP contribution in [0.5, 0.6) is 5.75 Å². The van der Waals surface area contributed by atoms with Crippen LogP contribution in [-0.2, 0) is 4.74 Å². The second-order valence-electron chi connectivity index (χ2n) is 3.10. The molecule has 0 saturated heterocycles. The third kappa shape index (κ3) is 3.78. The first kappa shape index (κ1) is 12.3. The molecule has 0 atom stereocenters. The van der Waals surface area contributed by atoms with Crippen molar-refractivity contribution in [1.29, 1.82) is 0 Å². The highest BCUT2D eigenvalue weighted by Gasteiger charge is 2.06. The molecule has 0 radical (unpaired) electrons. The zero-order valence-corrected chi connectivity index (χ0v) is 9.23. The maximum Gasteiger partial charge on any atom is 0.411 e. The average Bonchev–Trinajstić information content (AvgIpc) is 2.30. The van der Waals surface area contributed by atoms with Gasteiger partial charge in [0.05, 0.1) is 19.4 Å². The van der Waals surface area contributed by atoms with E-state index in [-0.39, 0.29) is 0 Å². The first-order valence-electron chi connectivity index (χ1n) is 5.04. The van der Waals surface area contributed by atoms with Gasteiger partial charge >= 0.3 is 6.09 Å². The first-order chi connectivity index (χ1) is 7.77. The Labute approximate surface area is 94.5 Å². The molecule has 5 nitrogen and oxygen atoms in total. The second kappa shape index (κ2) is 6.68. The number of carbonyl (C=O) groups is 1. The Balaban J connectivity index is 2.49. The third-order valence-electron chi connectivity index (χ3n) is 1.93. The second-order valence-corrected chi connectivity index (χ2v) is 3.10. The van der Waals surface area contributed by atoms with Crippen LogP contribution in [0.2, 0.25) is 0 Å². The molecular weight excluding hydrogens is 208 g/mol. The number of para-hydroxylation sites is 2. The van der Waals surface area contributed by atoms with E-state index < -0.39 is 6.09 Å². The van der Waals surface area contributed by atoms with Crippen LogP contribution >= 0.6 is 0 Å². The highest BCUT2D eigenvalue weighted by atomic mass is 16.5. The van der Waals surface area contributed by atoms with Crippen LogP contribution in [0.15, 0.2) is 24.3 Å². The van der Waals surface area contributed by atoms with E-state index in [0.717, 1.165) is 0 Å². The molecule has 0 bridgehead atoms. The lowest BCUT2D eigenvalue weighted by Crippen LogP contribution is -2.16. The molecule has 0 saturated carbocycles. The lowest BCUT2D eigenvalue weighted by molar-refractivity contribution is 0.161. The number of carbonyl (C=O) groups excluding carboxylic acids is 1. The molecule has 0 aromatic heterocycles. The van der Waals surface area contributed by atoms with E-state index in [0.29, 0.717) is 31.0 Å². The van der Waals surface area contributed by atoms with Crippen molar-refractivity contribution in [3.8, 4) is 5.75 Å². The normalized spacial score (nSPS) is 9.62. The zero-order chi connectivity index (χ0) is 11.8. The van der Waals surface area contributed by atoms with E-state index in [9.17, 15) is 4.79 Å². The minimum absolute atomic E-state index is 0.317. The topological polar surface area (TPSA) is 73.6 Å². The quantitative estimate of drug-likeness (QED) is 0.745. The maximum atomic E-state index is 11.3. The van der Waals surface area contributed by atoms with Gasteiger partial charge in [-0.15, -0.1) is 0 Å². The molecule has 88 valence electrons. The van der Waals surface area contributed by atoms with Gasteiger partial charge in [-0.25, -0.2) is 4.79 Å². The highest BCUT2D eigenvalue weighted by Crippen LogP contribution is 2.22. The van der Waals surface area contributed by atoms with Gasteiger partial charge in [0.1, 0.15) is 5.75 Å². The molecule has 1 amide bonds. The molecule has 3 N–H and O–H groups in total. The number of nitrogens with one attached hydrogen (secondary N) is 1. The van der Waals surface area contributed by atoms with Gasteiger partial charge in [0, 0.05) is 0 Å². The number of anilines is 1. The number of hydrogen-bond donors (Lipinski definition) is 2. The number of ether oxygens (including phenoxy) is 2. The molecule has 0 aliphatic heterocycles. The van der Waals surface area contributed by atoms with Crippen molar-refractivity contribution in [2.24, 2.45) is 5.73 Å². The van der Waals surface area contributed by atoms with Crippen molar-refractivity contribution < 1.29 is 14.3 Å². The van der Waals surface area contributed by atoms with Gasteiger partial charge in [0.2, 0.25) is 0 Å². The zero-order valence-electron chi connectivity index (χ0n) is 9.23. The fourth-order valence-corrected chi connectivity index (χ4v) is 1.14. The van der Waals surface area contributed by atoms with Crippen LogP contribution in [0.25, 0.3) is 0 Å². The van der Waals surface area contributed by atoms with Gasteiger partial charge in [-0.1, -0.05) is 12.1 Å². The number of rotatable bonds is 5. The van der Waals surface area contributed by atoms with Crippen LogP contribution in [0.1, 0.15) is 6.42 Å². The summed E-state index contributed by atoms with van der Waals surface area (Å²) < 4.78 is 9.98. The Morgan fingerprint density at radius 2 is 2.19 bits per heavy atom. The molecule has 0 aliphatic carbocycles. The van der Waals surface area contributed by atoms with Gasteiger partial charge in [-0.3, -0.25) is 5.32 Å². The summed E-state index contributed by atoms with van der Waals surface area (Å²) in [6.07, 6.45) is 0.150. The fourth-order valence-electron chi connectivity index (χ4n) is 1.14. The van der Waals surface area contributed by atoms with E-state index in [1.54, 1.807) is 25.3 Å². The molecule has 0 spiro atoms. The molecule has 0 unspecified atom stereocenters. The van der Waals surface area contributed by atoms with Crippen LogP contribution in [0.4, 0.5) is 10.5 Å². The van der Waals surface area contributed by atoms with E-state index in [4.69, 9.17) is 15.2 Å². The number of nitrogens with two attached hydrogens (primary N) is 1. The number of hydrogen-bond acceptors (Lipinski definition) is 4. The van der Waals surface area contributed by atoms with Crippen LogP contribution < -0.4 is 15.8 Å². The SMILES string of the molecule is COc1ccccc1NC(=O)OCCCN. The standard InChI is InChI=1S/C11H16N2O3/c1-15-10-6-3-2-5-9(10)13-11(14)16-8-4-7-12/h2-3,5-6H,4,7-8,12H2,1H3,(H,13,14). The summed E-state index contributed by atoms with van der Waals surface area (Å²) in [4.78, 5) is 11.3. The van der Waals surface area contributed by atoms with Crippen LogP contribution in [-0.4, -0.2) is 26.4 Å². The van der Waals surface area contributed by atoms with E-state index in [1.807, 2.05) is 6.07 Å². The number of amides is 1. The third-order valence-corrected chi connectivity index (χ3v) is 1.93. The molecule has 1 rings (SSSR count). The molecule has 0 heterocycles. The Hall–Kier alpha value is -1.75. The van der Waals surface area contributed by atoms with Crippen molar-refractivity contribution in [1.82, 2.24) is 0 Å². The molecule has 5 heteroatoms. The summed E-state index contributed by atoms with van der Waals surface area (Å²) in [6.45, 7) is 0.819. The van der Waals surface area contributed by atoms with Crippen LogP contribution in [0, 0.1) is 0 Å². The summed E-state index contributed by atoms with van der Waals surface area (Å²) >= 11 is 0. The summed E-state index contributed by atoms with van der Waals surface area (Å²) in [5, 5.41) is 2.59. The smallest absolute Gasteiger partial charge is 0.411 e. The van der Waals surface area contributed by atoms with Gasteiger partial charge < -0.3 is 15.2 Å². The van der Waals surface area contributed by atoms with Crippen molar-refractivity contribution in [2.45, 2.75) is 6.42 Å². The highest BCUT2D eigenvalue weighted by molar-refractivity contribution is 5.86. The average molecular weight is 224 g/mol. The minimum atomic E-state index is -0.502. The summed E-state index contributed by atoms with van der Waals surface area (Å²) in [6, 6.07) is 7.13. The Morgan fingerprint density at radius 3 is 2.88 bits per heavy atom. The first-order valence-corrected chi connectivity index (χ1v) is 5.04. The predicted molar refractivity (Wildman–Crippen MR) is 61.6 cm³/mol. The van der Waals surface area contributed by atoms with E-state index in [2.05, 4.69) is 5.32 Å². The van der Waals surface area contributed by atoms with Gasteiger partial charge in [-0.2, -0.15) is 0 Å². The van der Waals surface area contributed by atoms with Gasteiger partial charge in [-0.05, 0) is 25.1 Å². The van der Waals surface area contributed by atoms with Crippen molar-refractivity contribution in [3.63, 3.8) is 0 Å². The molecule has 16 heavy (non-hydrogen) atoms. The van der Waals surface area contributed by atoms with Crippen molar-refractivity contribution >= 4 is 11.8 Å². The number of methoxy groups -OCH3 is 1. The lowest BCUT2D eigenvalue weighted by atomic mass is 10.3. The summed E-state index contributed by atoms with van der Waals surface area (Å²) in [5.41, 5.74) is 5.87. The van der Waals surface area contributed by atoms with Crippen molar-refractivity contribution in [3.05, 3.63) is 24.3 Å². The summed E-state index contributed by atoms with van der Waals surface area (Å²) in [7, 11) is 1.54. The van der Waals surface area contributed by atoms with Gasteiger partial charge in [0.15, 0.2) is 0 Å². The Kier molecular flexibility index (Phi) is 5.15. The number of benzene rings is 1.